The van der Waals surface area contributed by atoms with Crippen molar-refractivity contribution >= 4 is 17.3 Å². The zero-order valence-electron chi connectivity index (χ0n) is 16.5. The SMILES string of the molecule is CCc1cccc(C)c1NC(=O)c1cc(N2CCC3(CC2)OCCO3)ccn1. The Labute approximate surface area is 165 Å². The summed E-state index contributed by atoms with van der Waals surface area (Å²) in [6, 6.07) is 9.89. The maximum Gasteiger partial charge on any atom is 0.274 e. The quantitative estimate of drug-likeness (QED) is 0.878. The molecular formula is C22H27N3O3. The summed E-state index contributed by atoms with van der Waals surface area (Å²) in [4.78, 5) is 19.4. The predicted molar refractivity (Wildman–Crippen MR) is 109 cm³/mol. The van der Waals surface area contributed by atoms with Gasteiger partial charge in [-0.15, -0.1) is 0 Å². The highest BCUT2D eigenvalue weighted by Crippen LogP contribution is 2.33. The first-order valence-corrected chi connectivity index (χ1v) is 9.99. The topological polar surface area (TPSA) is 63.7 Å². The molecule has 0 atom stereocenters. The Morgan fingerprint density at radius 3 is 2.68 bits per heavy atom. The van der Waals surface area contributed by atoms with Gasteiger partial charge in [-0.1, -0.05) is 25.1 Å². The molecule has 1 amide bonds. The van der Waals surface area contributed by atoms with E-state index in [0.717, 1.165) is 54.9 Å². The third-order valence-electron chi connectivity index (χ3n) is 5.66. The zero-order valence-corrected chi connectivity index (χ0v) is 16.5. The highest BCUT2D eigenvalue weighted by Gasteiger charge is 2.39. The molecule has 1 spiro atoms. The number of benzene rings is 1. The molecule has 148 valence electrons. The van der Waals surface area contributed by atoms with Crippen LogP contribution in [0.1, 0.15) is 41.4 Å². The molecule has 0 aliphatic carbocycles. The van der Waals surface area contributed by atoms with Crippen molar-refractivity contribution in [2.75, 3.05) is 36.5 Å². The lowest BCUT2D eigenvalue weighted by Crippen LogP contribution is -2.45. The average Bonchev–Trinajstić information content (AvgIpc) is 3.18. The lowest BCUT2D eigenvalue weighted by molar-refractivity contribution is -0.169. The van der Waals surface area contributed by atoms with Gasteiger partial charge in [-0.3, -0.25) is 9.78 Å². The molecule has 1 N–H and O–H groups in total. The van der Waals surface area contributed by atoms with Gasteiger partial charge in [0.2, 0.25) is 0 Å². The number of para-hydroxylation sites is 1. The van der Waals surface area contributed by atoms with Gasteiger partial charge in [0.15, 0.2) is 5.79 Å². The van der Waals surface area contributed by atoms with E-state index in [9.17, 15) is 4.79 Å². The standard InChI is InChI=1S/C22H27N3O3/c1-3-17-6-4-5-16(2)20(17)24-21(26)19-15-18(7-10-23-19)25-11-8-22(9-12-25)27-13-14-28-22/h4-7,10,15H,3,8-9,11-14H2,1-2H3,(H,24,26). The molecule has 1 aromatic carbocycles. The van der Waals surface area contributed by atoms with Crippen LogP contribution in [0.4, 0.5) is 11.4 Å². The number of hydrogen-bond donors (Lipinski definition) is 1. The Bertz CT molecular complexity index is 852. The fourth-order valence-corrected chi connectivity index (χ4v) is 4.01. The largest absolute Gasteiger partial charge is 0.371 e. The average molecular weight is 381 g/mol. The Morgan fingerprint density at radius 2 is 1.96 bits per heavy atom. The first-order chi connectivity index (χ1) is 13.6. The van der Waals surface area contributed by atoms with E-state index in [1.807, 2.05) is 37.3 Å². The van der Waals surface area contributed by atoms with E-state index in [1.54, 1.807) is 6.20 Å². The molecule has 3 heterocycles. The van der Waals surface area contributed by atoms with Crippen LogP contribution < -0.4 is 10.2 Å². The molecule has 28 heavy (non-hydrogen) atoms. The van der Waals surface area contributed by atoms with Crippen LogP contribution >= 0.6 is 0 Å². The van der Waals surface area contributed by atoms with Crippen molar-refractivity contribution in [3.63, 3.8) is 0 Å². The van der Waals surface area contributed by atoms with E-state index in [4.69, 9.17) is 9.47 Å². The van der Waals surface area contributed by atoms with Crippen molar-refractivity contribution in [2.45, 2.75) is 38.9 Å². The number of nitrogens with one attached hydrogen (secondary N) is 1. The molecule has 2 aromatic rings. The minimum atomic E-state index is -0.398. The number of carbonyl (C=O) groups is 1. The fourth-order valence-electron chi connectivity index (χ4n) is 4.01. The van der Waals surface area contributed by atoms with Crippen LogP contribution in [0.25, 0.3) is 0 Å². The van der Waals surface area contributed by atoms with Crippen molar-refractivity contribution in [3.05, 3.63) is 53.3 Å². The second-order valence-electron chi connectivity index (χ2n) is 7.41. The molecule has 4 rings (SSSR count). The molecule has 0 bridgehead atoms. The lowest BCUT2D eigenvalue weighted by Gasteiger charge is -2.38. The molecule has 2 aliphatic rings. The number of amides is 1. The van der Waals surface area contributed by atoms with Gasteiger partial charge in [-0.2, -0.15) is 0 Å². The molecule has 2 fully saturated rings. The summed E-state index contributed by atoms with van der Waals surface area (Å²) in [6.07, 6.45) is 4.24. The van der Waals surface area contributed by atoms with E-state index >= 15 is 0 Å². The van der Waals surface area contributed by atoms with Gasteiger partial charge >= 0.3 is 0 Å². The Balaban J connectivity index is 1.47. The highest BCUT2D eigenvalue weighted by molar-refractivity contribution is 6.04. The number of ether oxygens (including phenoxy) is 2. The van der Waals surface area contributed by atoms with Crippen molar-refractivity contribution in [1.29, 1.82) is 0 Å². The molecule has 6 nitrogen and oxygen atoms in total. The Hall–Kier alpha value is -2.44. The number of rotatable bonds is 4. The number of aryl methyl sites for hydroxylation is 2. The minimum Gasteiger partial charge on any atom is -0.371 e. The van der Waals surface area contributed by atoms with Crippen LogP contribution in [-0.2, 0) is 15.9 Å². The van der Waals surface area contributed by atoms with Crippen molar-refractivity contribution in [2.24, 2.45) is 0 Å². The summed E-state index contributed by atoms with van der Waals surface area (Å²) in [5, 5.41) is 3.06. The molecule has 6 heteroatoms. The number of aromatic nitrogens is 1. The maximum atomic E-state index is 12.8. The van der Waals surface area contributed by atoms with Gasteiger partial charge in [0.25, 0.3) is 5.91 Å². The lowest BCUT2D eigenvalue weighted by atomic mass is 10.0. The molecule has 0 radical (unpaired) electrons. The van der Waals surface area contributed by atoms with Crippen LogP contribution in [0.5, 0.6) is 0 Å². The van der Waals surface area contributed by atoms with Crippen LogP contribution in [0.2, 0.25) is 0 Å². The van der Waals surface area contributed by atoms with Gasteiger partial charge in [-0.05, 0) is 36.6 Å². The van der Waals surface area contributed by atoms with Crippen molar-refractivity contribution < 1.29 is 14.3 Å². The molecule has 1 aromatic heterocycles. The summed E-state index contributed by atoms with van der Waals surface area (Å²) < 4.78 is 11.6. The predicted octanol–water partition coefficient (Wildman–Crippen LogP) is 3.55. The van der Waals surface area contributed by atoms with Gasteiger partial charge < -0.3 is 19.7 Å². The smallest absolute Gasteiger partial charge is 0.274 e. The van der Waals surface area contributed by atoms with E-state index < -0.39 is 5.79 Å². The van der Waals surface area contributed by atoms with E-state index in [-0.39, 0.29) is 5.91 Å². The summed E-state index contributed by atoms with van der Waals surface area (Å²) in [7, 11) is 0. The number of piperidine rings is 1. The molecule has 0 unspecified atom stereocenters. The van der Waals surface area contributed by atoms with E-state index in [1.165, 1.54) is 0 Å². The molecule has 0 saturated carbocycles. The summed E-state index contributed by atoms with van der Waals surface area (Å²) in [6.45, 7) is 7.13. The number of anilines is 2. The first kappa shape index (κ1) is 18.9. The second kappa shape index (κ2) is 7.89. The van der Waals surface area contributed by atoms with Crippen molar-refractivity contribution in [3.8, 4) is 0 Å². The van der Waals surface area contributed by atoms with E-state index in [2.05, 4.69) is 22.1 Å². The first-order valence-electron chi connectivity index (χ1n) is 9.99. The number of nitrogens with zero attached hydrogens (tertiary/aromatic N) is 2. The van der Waals surface area contributed by atoms with Crippen LogP contribution in [0.3, 0.4) is 0 Å². The summed E-state index contributed by atoms with van der Waals surface area (Å²) in [5.41, 5.74) is 4.51. The van der Waals surface area contributed by atoms with Crippen molar-refractivity contribution in [1.82, 2.24) is 4.98 Å². The van der Waals surface area contributed by atoms with Gasteiger partial charge in [-0.25, -0.2) is 0 Å². The Morgan fingerprint density at radius 1 is 1.21 bits per heavy atom. The van der Waals surface area contributed by atoms with E-state index in [0.29, 0.717) is 18.9 Å². The monoisotopic (exact) mass is 381 g/mol. The van der Waals surface area contributed by atoms with Crippen LogP contribution in [0.15, 0.2) is 36.5 Å². The molecule has 2 aliphatic heterocycles. The maximum absolute atomic E-state index is 12.8. The summed E-state index contributed by atoms with van der Waals surface area (Å²) >= 11 is 0. The summed E-state index contributed by atoms with van der Waals surface area (Å²) in [5.74, 6) is -0.577. The Kier molecular flexibility index (Phi) is 5.33. The molecule has 2 saturated heterocycles. The zero-order chi connectivity index (χ0) is 19.6. The van der Waals surface area contributed by atoms with Crippen LogP contribution in [0, 0.1) is 6.92 Å². The normalized spacial score (nSPS) is 18.4. The van der Waals surface area contributed by atoms with Gasteiger partial charge in [0.1, 0.15) is 5.69 Å². The molecular weight excluding hydrogens is 354 g/mol. The minimum absolute atomic E-state index is 0.179. The third kappa shape index (κ3) is 3.75. The highest BCUT2D eigenvalue weighted by atomic mass is 16.7. The third-order valence-corrected chi connectivity index (χ3v) is 5.66. The van der Waals surface area contributed by atoms with Gasteiger partial charge in [0, 0.05) is 43.5 Å². The fraction of sp³-hybridized carbons (Fsp3) is 0.455. The number of pyridine rings is 1. The van der Waals surface area contributed by atoms with Gasteiger partial charge in [0.05, 0.1) is 13.2 Å². The van der Waals surface area contributed by atoms with Crippen LogP contribution in [-0.4, -0.2) is 43.0 Å². The number of hydrogen-bond acceptors (Lipinski definition) is 5. The second-order valence-corrected chi connectivity index (χ2v) is 7.41. The number of carbonyl (C=O) groups excluding carboxylic acids is 1.